The standard InChI is InChI=1S/C28H27N5O5S/c1-28(2,3)21-12-8-19(9-13-21)25(35)29-22-14-10-20(11-15-22)26(36)31-32-27(39)30-24(34)16-7-18-5-4-6-23(17-18)33(37)38/h4-17H,1-3H3,(H,29,35)(H,31,36)(H2,30,32,34,39)/b16-7+. The van der Waals surface area contributed by atoms with Gasteiger partial charge in [-0.15, -0.1) is 0 Å². The molecule has 0 unspecified atom stereocenters. The number of carbonyl (C=O) groups is 3. The van der Waals surface area contributed by atoms with Gasteiger partial charge in [0, 0.05) is 35.0 Å². The average molecular weight is 546 g/mol. The molecular weight excluding hydrogens is 518 g/mol. The summed E-state index contributed by atoms with van der Waals surface area (Å²) in [5.41, 5.74) is 7.59. The maximum Gasteiger partial charge on any atom is 0.270 e. The van der Waals surface area contributed by atoms with Gasteiger partial charge >= 0.3 is 0 Å². The Kier molecular flexibility index (Phi) is 9.24. The number of hydrazine groups is 1. The van der Waals surface area contributed by atoms with E-state index in [1.807, 2.05) is 12.1 Å². The maximum absolute atomic E-state index is 12.5. The number of carbonyl (C=O) groups excluding carboxylic acids is 3. The monoisotopic (exact) mass is 545 g/mol. The van der Waals surface area contributed by atoms with E-state index in [-0.39, 0.29) is 27.7 Å². The van der Waals surface area contributed by atoms with Crippen LogP contribution in [0.25, 0.3) is 6.08 Å². The Morgan fingerprint density at radius 2 is 1.49 bits per heavy atom. The molecular formula is C28H27N5O5S. The third-order valence-electron chi connectivity index (χ3n) is 5.45. The summed E-state index contributed by atoms with van der Waals surface area (Å²) in [4.78, 5) is 47.3. The Labute approximate surface area is 230 Å². The van der Waals surface area contributed by atoms with Crippen LogP contribution in [0, 0.1) is 10.1 Å². The number of hydrogen-bond acceptors (Lipinski definition) is 6. The zero-order valence-corrected chi connectivity index (χ0v) is 22.3. The van der Waals surface area contributed by atoms with Crippen LogP contribution >= 0.6 is 12.2 Å². The van der Waals surface area contributed by atoms with Gasteiger partial charge < -0.3 is 5.32 Å². The van der Waals surface area contributed by atoms with E-state index in [1.165, 1.54) is 36.4 Å². The molecule has 0 aliphatic rings. The van der Waals surface area contributed by atoms with E-state index in [9.17, 15) is 24.5 Å². The summed E-state index contributed by atoms with van der Waals surface area (Å²) in [7, 11) is 0. The van der Waals surface area contributed by atoms with Crippen LogP contribution in [-0.4, -0.2) is 27.8 Å². The Morgan fingerprint density at radius 3 is 2.10 bits per heavy atom. The highest BCUT2D eigenvalue weighted by molar-refractivity contribution is 7.80. The number of nitro groups is 1. The van der Waals surface area contributed by atoms with Crippen molar-refractivity contribution in [3.63, 3.8) is 0 Å². The lowest BCUT2D eigenvalue weighted by atomic mass is 9.87. The topological polar surface area (TPSA) is 142 Å². The molecule has 3 aromatic rings. The van der Waals surface area contributed by atoms with Crippen molar-refractivity contribution >= 4 is 52.5 Å². The minimum atomic E-state index is -0.596. The highest BCUT2D eigenvalue weighted by Crippen LogP contribution is 2.22. The van der Waals surface area contributed by atoms with Crippen LogP contribution in [0.1, 0.15) is 52.6 Å². The van der Waals surface area contributed by atoms with Gasteiger partial charge in [0.05, 0.1) is 4.92 Å². The van der Waals surface area contributed by atoms with Crippen molar-refractivity contribution in [1.29, 1.82) is 0 Å². The Bertz CT molecular complexity index is 1430. The first-order valence-electron chi connectivity index (χ1n) is 11.8. The normalized spacial score (nSPS) is 10.9. The summed E-state index contributed by atoms with van der Waals surface area (Å²) in [6.07, 6.45) is 2.55. The molecule has 0 spiro atoms. The second-order valence-electron chi connectivity index (χ2n) is 9.44. The van der Waals surface area contributed by atoms with Crippen LogP contribution in [0.15, 0.2) is 78.9 Å². The summed E-state index contributed by atoms with van der Waals surface area (Å²) >= 11 is 5.00. The fourth-order valence-corrected chi connectivity index (χ4v) is 3.47. The summed E-state index contributed by atoms with van der Waals surface area (Å²) in [5, 5.41) is 15.8. The van der Waals surface area contributed by atoms with E-state index < -0.39 is 16.7 Å². The van der Waals surface area contributed by atoms with Crippen molar-refractivity contribution in [2.24, 2.45) is 0 Å². The predicted octanol–water partition coefficient (Wildman–Crippen LogP) is 4.49. The molecule has 0 aliphatic carbocycles. The maximum atomic E-state index is 12.5. The van der Waals surface area contributed by atoms with E-state index in [0.717, 1.165) is 11.6 Å². The van der Waals surface area contributed by atoms with Gasteiger partial charge in [0.25, 0.3) is 17.5 Å². The van der Waals surface area contributed by atoms with E-state index >= 15 is 0 Å². The Morgan fingerprint density at radius 1 is 0.872 bits per heavy atom. The number of nitrogens with zero attached hydrogens (tertiary/aromatic N) is 1. The number of thiocarbonyl (C=S) groups is 1. The largest absolute Gasteiger partial charge is 0.322 e. The molecule has 200 valence electrons. The lowest BCUT2D eigenvalue weighted by Gasteiger charge is -2.19. The van der Waals surface area contributed by atoms with Crippen molar-refractivity contribution in [2.75, 3.05) is 5.32 Å². The fraction of sp³-hybridized carbons (Fsp3) is 0.143. The second-order valence-corrected chi connectivity index (χ2v) is 9.85. The quantitative estimate of drug-likeness (QED) is 0.155. The molecule has 0 fully saturated rings. The van der Waals surface area contributed by atoms with Crippen LogP contribution in [-0.2, 0) is 10.2 Å². The molecule has 10 nitrogen and oxygen atoms in total. The second kappa shape index (κ2) is 12.6. The van der Waals surface area contributed by atoms with Crippen molar-refractivity contribution < 1.29 is 19.3 Å². The number of nitrogens with one attached hydrogen (secondary N) is 4. The summed E-state index contributed by atoms with van der Waals surface area (Å²) in [6.45, 7) is 6.30. The first kappa shape index (κ1) is 28.7. The van der Waals surface area contributed by atoms with Crippen LogP contribution < -0.4 is 21.5 Å². The molecule has 3 amide bonds. The zero-order valence-electron chi connectivity index (χ0n) is 21.5. The van der Waals surface area contributed by atoms with E-state index in [2.05, 4.69) is 42.3 Å². The van der Waals surface area contributed by atoms with Gasteiger partial charge in [-0.1, -0.05) is 45.0 Å². The molecule has 0 saturated heterocycles. The number of nitro benzene ring substituents is 1. The highest BCUT2D eigenvalue weighted by Gasteiger charge is 2.15. The van der Waals surface area contributed by atoms with Crippen LogP contribution in [0.2, 0.25) is 0 Å². The lowest BCUT2D eigenvalue weighted by Crippen LogP contribution is -2.48. The molecule has 0 aliphatic heterocycles. The van der Waals surface area contributed by atoms with Crippen molar-refractivity contribution in [3.8, 4) is 0 Å². The van der Waals surface area contributed by atoms with Crippen LogP contribution in [0.3, 0.4) is 0 Å². The molecule has 11 heteroatoms. The van der Waals surface area contributed by atoms with Gasteiger partial charge in [0.1, 0.15) is 0 Å². The first-order valence-corrected chi connectivity index (χ1v) is 12.2. The number of non-ortho nitro benzene ring substituents is 1. The molecule has 0 aromatic heterocycles. The smallest absolute Gasteiger partial charge is 0.270 e. The third-order valence-corrected chi connectivity index (χ3v) is 5.66. The van der Waals surface area contributed by atoms with Gasteiger partial charge in [-0.3, -0.25) is 40.7 Å². The van der Waals surface area contributed by atoms with Crippen molar-refractivity contribution in [1.82, 2.24) is 16.2 Å². The minimum absolute atomic E-state index is 0.0118. The van der Waals surface area contributed by atoms with E-state index in [4.69, 9.17) is 12.2 Å². The molecule has 4 N–H and O–H groups in total. The summed E-state index contributed by atoms with van der Waals surface area (Å²) < 4.78 is 0. The Balaban J connectivity index is 1.47. The van der Waals surface area contributed by atoms with Gasteiger partial charge in [0.2, 0.25) is 5.91 Å². The number of amides is 3. The van der Waals surface area contributed by atoms with Gasteiger partial charge in [-0.05, 0) is 71.2 Å². The average Bonchev–Trinajstić information content (AvgIpc) is 2.90. The molecule has 0 saturated carbocycles. The van der Waals surface area contributed by atoms with E-state index in [1.54, 1.807) is 30.3 Å². The number of hydrogen-bond donors (Lipinski definition) is 4. The molecule has 39 heavy (non-hydrogen) atoms. The number of benzene rings is 3. The summed E-state index contributed by atoms with van der Waals surface area (Å²) in [6, 6.07) is 19.4. The fourth-order valence-electron chi connectivity index (χ4n) is 3.31. The van der Waals surface area contributed by atoms with Crippen molar-refractivity contribution in [3.05, 3.63) is 111 Å². The van der Waals surface area contributed by atoms with Crippen LogP contribution in [0.5, 0.6) is 0 Å². The number of anilines is 1. The van der Waals surface area contributed by atoms with Gasteiger partial charge in [0.15, 0.2) is 5.11 Å². The molecule has 0 bridgehead atoms. The first-order chi connectivity index (χ1) is 18.4. The highest BCUT2D eigenvalue weighted by atomic mass is 32.1. The lowest BCUT2D eigenvalue weighted by molar-refractivity contribution is -0.384. The van der Waals surface area contributed by atoms with Crippen molar-refractivity contribution in [2.45, 2.75) is 26.2 Å². The van der Waals surface area contributed by atoms with Gasteiger partial charge in [-0.2, -0.15) is 0 Å². The van der Waals surface area contributed by atoms with E-state index in [0.29, 0.717) is 16.8 Å². The SMILES string of the molecule is CC(C)(C)c1ccc(C(=O)Nc2ccc(C(=O)NNC(=S)NC(=O)/C=C/c3cccc([N+](=O)[O-])c3)cc2)cc1. The number of rotatable bonds is 6. The zero-order chi connectivity index (χ0) is 28.6. The molecule has 0 heterocycles. The predicted molar refractivity (Wildman–Crippen MR) is 153 cm³/mol. The molecule has 3 aromatic carbocycles. The third kappa shape index (κ3) is 8.58. The summed E-state index contributed by atoms with van der Waals surface area (Å²) in [5.74, 6) is -1.38. The van der Waals surface area contributed by atoms with Crippen LogP contribution in [0.4, 0.5) is 11.4 Å². The Hall–Kier alpha value is -4.90. The van der Waals surface area contributed by atoms with Gasteiger partial charge in [-0.25, -0.2) is 0 Å². The molecule has 0 radical (unpaired) electrons. The molecule has 0 atom stereocenters. The molecule has 3 rings (SSSR count). The minimum Gasteiger partial charge on any atom is -0.322 e.